The first-order valence-electron chi connectivity index (χ1n) is 24.5. The van der Waals surface area contributed by atoms with E-state index in [1.54, 1.807) is 36.4 Å². The van der Waals surface area contributed by atoms with E-state index in [4.69, 9.17) is 42.1 Å². The number of aromatic nitrogens is 2. The summed E-state index contributed by atoms with van der Waals surface area (Å²) in [6.45, 7) is 1.53. The monoisotopic (exact) mass is 1140 g/mol. The van der Waals surface area contributed by atoms with Gasteiger partial charge in [0.15, 0.2) is 0 Å². The maximum atomic E-state index is 13.9. The fourth-order valence-corrected chi connectivity index (χ4v) is 7.91. The van der Waals surface area contributed by atoms with E-state index in [0.717, 1.165) is 33.3 Å². The van der Waals surface area contributed by atoms with Gasteiger partial charge in [-0.25, -0.2) is 8.78 Å². The molecular formula is C58H58F8N10O6. The quantitative estimate of drug-likeness (QED) is 0.0284. The van der Waals surface area contributed by atoms with Crippen LogP contribution in [0.1, 0.15) is 54.4 Å². The van der Waals surface area contributed by atoms with Crippen molar-refractivity contribution in [1.82, 2.24) is 28.7 Å². The number of carboxylic acids is 2. The minimum Gasteiger partial charge on any atom is -0.542 e. The zero-order valence-electron chi connectivity index (χ0n) is 45.1. The molecule has 0 atom stereocenters. The third kappa shape index (κ3) is 17.8. The number of carboxylic acid groups (broad SMARTS) is 2. The smallest absolute Gasteiger partial charge is 0.430 e. The number of nitrogens with one attached hydrogen (secondary N) is 4. The number of benzene rings is 6. The fraction of sp³-hybridized carbons (Fsp3) is 0.207. The lowest BCUT2D eigenvalue weighted by Crippen LogP contribution is -2.37. The van der Waals surface area contributed by atoms with Crippen molar-refractivity contribution in [3.8, 4) is 0 Å². The predicted octanol–water partition coefficient (Wildman–Crippen LogP) is 7.08. The van der Waals surface area contributed by atoms with Crippen LogP contribution in [0.2, 0.25) is 0 Å². The van der Waals surface area contributed by atoms with Crippen molar-refractivity contribution in [3.63, 3.8) is 0 Å². The second-order valence-corrected chi connectivity index (χ2v) is 20.2. The summed E-state index contributed by atoms with van der Waals surface area (Å²) in [5.41, 5.74) is 21.0. The maximum absolute atomic E-state index is 13.9. The summed E-state index contributed by atoms with van der Waals surface area (Å²) in [7, 11) is 12.6. The van der Waals surface area contributed by atoms with Gasteiger partial charge in [-0.3, -0.25) is 29.4 Å². The topological polar surface area (TPSA) is 248 Å². The minimum atomic E-state index is -5.19. The van der Waals surface area contributed by atoms with Crippen LogP contribution in [0.4, 0.5) is 46.5 Å². The van der Waals surface area contributed by atoms with Crippen LogP contribution in [0.15, 0.2) is 146 Å². The Labute approximate surface area is 465 Å². The first-order valence-corrected chi connectivity index (χ1v) is 24.5. The number of fused-ring (bicyclic) bond motifs is 2. The van der Waals surface area contributed by atoms with Crippen LogP contribution in [0, 0.1) is 22.5 Å². The molecule has 0 radical (unpaired) electrons. The van der Waals surface area contributed by atoms with Crippen molar-refractivity contribution in [1.29, 1.82) is 10.8 Å². The average Bonchev–Trinajstić information content (AvgIpc) is 4.16. The van der Waals surface area contributed by atoms with Gasteiger partial charge in [0.05, 0.1) is 42.3 Å². The molecule has 0 aliphatic carbocycles. The zero-order valence-corrected chi connectivity index (χ0v) is 45.1. The largest absolute Gasteiger partial charge is 0.542 e. The Morgan fingerprint density at radius 1 is 0.488 bits per heavy atom. The molecule has 0 saturated heterocycles. The predicted molar refractivity (Wildman–Crippen MR) is 293 cm³/mol. The highest BCUT2D eigenvalue weighted by Gasteiger charge is 2.29. The highest BCUT2D eigenvalue weighted by atomic mass is 19.4. The molecule has 6 aromatic carbocycles. The van der Waals surface area contributed by atoms with Crippen molar-refractivity contribution >= 4 is 68.6 Å². The molecule has 2 aromatic heterocycles. The minimum absolute atomic E-state index is 0.0180. The van der Waals surface area contributed by atoms with E-state index >= 15 is 0 Å². The Morgan fingerprint density at radius 3 is 1.09 bits per heavy atom. The van der Waals surface area contributed by atoms with Crippen molar-refractivity contribution < 1.29 is 64.5 Å². The van der Waals surface area contributed by atoms with Gasteiger partial charge in [0.1, 0.15) is 58.0 Å². The van der Waals surface area contributed by atoms with Crippen molar-refractivity contribution in [2.45, 2.75) is 38.5 Å². The lowest BCUT2D eigenvalue weighted by Gasteiger charge is -2.23. The van der Waals surface area contributed by atoms with Crippen LogP contribution in [0.25, 0.3) is 21.8 Å². The van der Waals surface area contributed by atoms with Crippen LogP contribution in [-0.4, -0.2) is 99.2 Å². The van der Waals surface area contributed by atoms with Gasteiger partial charge in [0.2, 0.25) is 0 Å². The Morgan fingerprint density at radius 2 is 0.805 bits per heavy atom. The van der Waals surface area contributed by atoms with Crippen LogP contribution >= 0.6 is 0 Å². The number of nitrogen functional groups attached to an aromatic ring is 2. The van der Waals surface area contributed by atoms with E-state index in [2.05, 4.69) is 77.2 Å². The number of amides is 2. The van der Waals surface area contributed by atoms with E-state index in [9.17, 15) is 44.7 Å². The number of hydrogen-bond donors (Lipinski definition) is 6. The molecule has 0 aliphatic rings. The molecule has 0 fully saturated rings. The zero-order chi connectivity index (χ0) is 61.1. The highest BCUT2D eigenvalue weighted by molar-refractivity contribution is 6.00. The number of rotatable bonds is 14. The van der Waals surface area contributed by atoms with E-state index in [0.29, 0.717) is 68.4 Å². The molecule has 82 heavy (non-hydrogen) atoms. The van der Waals surface area contributed by atoms with Crippen molar-refractivity contribution in [2.24, 2.45) is 11.5 Å². The highest BCUT2D eigenvalue weighted by Crippen LogP contribution is 2.26. The van der Waals surface area contributed by atoms with Gasteiger partial charge < -0.3 is 51.0 Å². The molecule has 2 amide bonds. The van der Waals surface area contributed by atoms with Crippen molar-refractivity contribution in [2.75, 3.05) is 42.3 Å². The van der Waals surface area contributed by atoms with Crippen LogP contribution in [0.5, 0.6) is 0 Å². The number of alkyl halides is 6. The second kappa shape index (κ2) is 26.2. The third-order valence-electron chi connectivity index (χ3n) is 12.1. The molecule has 16 nitrogen and oxygen atoms in total. The van der Waals surface area contributed by atoms with E-state index < -0.39 is 24.3 Å². The fourth-order valence-electron chi connectivity index (χ4n) is 7.91. The summed E-state index contributed by atoms with van der Waals surface area (Å²) >= 11 is 0. The number of carbonyl (C=O) groups is 4. The Balaban J connectivity index is 0.000000244. The standard InChI is InChI=1S/2C27H28FN5O.2C2HF3O2/c2*1-33(2,3)23-10-7-18(8-11-23)16-31-27(34)25-15-21-14-22(28)9-12-24(21)32(25)17-19-5-4-6-20(13-19)26(29)30;2*3-2(4,5)1(6)7/h2*4-15H,16-17H2,1-3H3,(H3-,29,30,31,34);2*(H,6,7). The van der Waals surface area contributed by atoms with Gasteiger partial charge >= 0.3 is 12.4 Å². The molecule has 0 unspecified atom stereocenters. The summed E-state index contributed by atoms with van der Waals surface area (Å²) < 4.78 is 96.0. The SMILES string of the molecule is C[N+](C)(C)c1ccc(CNC(=O)c2cc3cc(F)ccc3n2Cc2cccc(C(=N)N)c2)cc1.C[N+](C)(C)c1ccc(CNC(=O)c2cc3cc(F)ccc3n2Cc2cccc(C(=N)N)c2)cc1.O=C([O-])C(F)(F)F.O=C([O-])C(F)(F)F. The normalized spacial score (nSPS) is 11.5. The summed E-state index contributed by atoms with van der Waals surface area (Å²) in [6, 6.07) is 43.4. The number of carbonyl (C=O) groups excluding carboxylic acids is 4. The number of halogens is 8. The van der Waals surface area contributed by atoms with Gasteiger partial charge in [-0.2, -0.15) is 26.3 Å². The Bertz CT molecular complexity index is 3380. The molecule has 8 N–H and O–H groups in total. The molecule has 2 heterocycles. The lowest BCUT2D eigenvalue weighted by atomic mass is 10.1. The van der Waals surface area contributed by atoms with Gasteiger partial charge in [0, 0.05) is 59.1 Å². The van der Waals surface area contributed by atoms with Crippen LogP contribution in [-0.2, 0) is 35.8 Å². The Hall–Kier alpha value is -9.42. The van der Waals surface area contributed by atoms with Gasteiger partial charge in [0.25, 0.3) is 11.8 Å². The number of hydrogen-bond acceptors (Lipinski definition) is 8. The number of amidine groups is 2. The van der Waals surface area contributed by atoms with Gasteiger partial charge in [-0.05, 0) is 107 Å². The lowest BCUT2D eigenvalue weighted by molar-refractivity contribution is -0.344. The third-order valence-corrected chi connectivity index (χ3v) is 12.1. The summed E-state index contributed by atoms with van der Waals surface area (Å²) in [5.74, 6) is -7.24. The summed E-state index contributed by atoms with van der Waals surface area (Å²) in [4.78, 5) is 44.0. The number of nitrogens with zero attached hydrogens (tertiary/aromatic N) is 4. The molecule has 0 bridgehead atoms. The maximum Gasteiger partial charge on any atom is 0.430 e. The van der Waals surface area contributed by atoms with Crippen molar-refractivity contribution in [3.05, 3.63) is 202 Å². The average molecular weight is 1140 g/mol. The van der Waals surface area contributed by atoms with Gasteiger partial charge in [-0.1, -0.05) is 60.7 Å². The van der Waals surface area contributed by atoms with Crippen LogP contribution < -0.4 is 41.3 Å². The molecule has 0 aliphatic heterocycles. The molecule has 24 heteroatoms. The molecule has 0 saturated carbocycles. The molecule has 8 rings (SSSR count). The number of nitrogens with two attached hydrogens (primary N) is 2. The first kappa shape index (κ1) is 63.4. The molecule has 8 aromatic rings. The molecule has 432 valence electrons. The first-order chi connectivity index (χ1) is 38.1. The van der Waals surface area contributed by atoms with Gasteiger partial charge in [-0.15, -0.1) is 0 Å². The van der Waals surface area contributed by atoms with E-state index in [1.165, 1.54) is 35.6 Å². The Kier molecular flexibility index (Phi) is 20.3. The number of aliphatic carboxylic acids is 2. The van der Waals surface area contributed by atoms with E-state index in [1.807, 2.05) is 69.8 Å². The molecular weight excluding hydrogens is 1080 g/mol. The molecule has 0 spiro atoms. The van der Waals surface area contributed by atoms with E-state index in [-0.39, 0.29) is 35.1 Å². The second-order valence-electron chi connectivity index (χ2n) is 20.2. The summed E-state index contributed by atoms with van der Waals surface area (Å²) in [6.07, 6.45) is -10.4. The number of quaternary nitrogens is 2. The summed E-state index contributed by atoms with van der Waals surface area (Å²) in [5, 5.41) is 40.2. The van der Waals surface area contributed by atoms with Crippen LogP contribution in [0.3, 0.4) is 0 Å².